The summed E-state index contributed by atoms with van der Waals surface area (Å²) < 4.78 is 10.2. The van der Waals surface area contributed by atoms with Gasteiger partial charge in [0.2, 0.25) is 0 Å². The van der Waals surface area contributed by atoms with Gasteiger partial charge in [0.05, 0.1) is 19.4 Å². The van der Waals surface area contributed by atoms with Gasteiger partial charge in [0.1, 0.15) is 5.76 Å². The summed E-state index contributed by atoms with van der Waals surface area (Å²) in [5.74, 6) is 0.944. The molecule has 2 heterocycles. The molecule has 1 N–H and O–H groups in total. The molecule has 16 heavy (non-hydrogen) atoms. The number of nitrogens with zero attached hydrogens (tertiary/aromatic N) is 1. The monoisotopic (exact) mass is 225 g/mol. The van der Waals surface area contributed by atoms with Gasteiger partial charge in [0.15, 0.2) is 0 Å². The first-order chi connectivity index (χ1) is 7.79. The quantitative estimate of drug-likeness (QED) is 0.837. The Bertz CT molecular complexity index is 336. The van der Waals surface area contributed by atoms with E-state index < -0.39 is 0 Å². The van der Waals surface area contributed by atoms with Crippen LogP contribution in [0, 0.1) is 5.92 Å². The van der Waals surface area contributed by atoms with Crippen molar-refractivity contribution in [2.45, 2.75) is 13.0 Å². The summed E-state index contributed by atoms with van der Waals surface area (Å²) >= 11 is 0. The van der Waals surface area contributed by atoms with Crippen molar-refractivity contribution >= 4 is 6.09 Å². The minimum absolute atomic E-state index is 0.122. The normalized spacial score (nSPS) is 20.9. The van der Waals surface area contributed by atoms with Crippen LogP contribution >= 0.6 is 0 Å². The van der Waals surface area contributed by atoms with E-state index in [-0.39, 0.29) is 18.6 Å². The number of amides is 1. The summed E-state index contributed by atoms with van der Waals surface area (Å²) in [4.78, 5) is 13.1. The minimum Gasteiger partial charge on any atom is -0.467 e. The Balaban J connectivity index is 1.93. The third kappa shape index (κ3) is 2.55. The fourth-order valence-electron chi connectivity index (χ4n) is 1.80. The molecule has 1 aliphatic heterocycles. The lowest BCUT2D eigenvalue weighted by Gasteiger charge is -2.31. The van der Waals surface area contributed by atoms with E-state index in [0.717, 1.165) is 5.76 Å². The van der Waals surface area contributed by atoms with Crippen molar-refractivity contribution < 1.29 is 19.1 Å². The standard InChI is InChI=1S/C11H15NO4/c13-4-3-9-6-12(11(14)16-8-9)7-10-2-1-5-15-10/h1-2,5,9,13H,3-4,6-8H2. The van der Waals surface area contributed by atoms with Crippen molar-refractivity contribution in [1.29, 1.82) is 0 Å². The average molecular weight is 225 g/mol. The van der Waals surface area contributed by atoms with Gasteiger partial charge >= 0.3 is 6.09 Å². The maximum absolute atomic E-state index is 11.5. The highest BCUT2D eigenvalue weighted by Crippen LogP contribution is 2.17. The zero-order chi connectivity index (χ0) is 11.4. The number of aliphatic hydroxyl groups excluding tert-OH is 1. The van der Waals surface area contributed by atoms with Gasteiger partial charge in [-0.1, -0.05) is 0 Å². The predicted octanol–water partition coefficient (Wildman–Crippen LogP) is 1.23. The van der Waals surface area contributed by atoms with Gasteiger partial charge in [-0.25, -0.2) is 4.79 Å². The second-order valence-corrected chi connectivity index (χ2v) is 3.92. The lowest BCUT2D eigenvalue weighted by Crippen LogP contribution is -2.42. The van der Waals surface area contributed by atoms with Gasteiger partial charge in [-0.15, -0.1) is 0 Å². The molecule has 1 unspecified atom stereocenters. The van der Waals surface area contributed by atoms with Crippen LogP contribution in [0.5, 0.6) is 0 Å². The molecule has 1 aromatic heterocycles. The molecule has 5 nitrogen and oxygen atoms in total. The molecule has 5 heteroatoms. The smallest absolute Gasteiger partial charge is 0.410 e. The first-order valence-electron chi connectivity index (χ1n) is 5.34. The molecule has 1 aliphatic rings. The molecule has 1 fully saturated rings. The predicted molar refractivity (Wildman–Crippen MR) is 55.7 cm³/mol. The van der Waals surface area contributed by atoms with Crippen LogP contribution in [0.15, 0.2) is 22.8 Å². The molecule has 0 aromatic carbocycles. The van der Waals surface area contributed by atoms with Gasteiger partial charge in [-0.05, 0) is 18.6 Å². The number of hydrogen-bond acceptors (Lipinski definition) is 4. The zero-order valence-corrected chi connectivity index (χ0v) is 8.96. The van der Waals surface area contributed by atoms with E-state index in [9.17, 15) is 4.79 Å². The SMILES string of the molecule is O=C1OCC(CCO)CN1Cc1ccco1. The molecular weight excluding hydrogens is 210 g/mol. The van der Waals surface area contributed by atoms with E-state index in [0.29, 0.717) is 26.1 Å². The average Bonchev–Trinajstić information content (AvgIpc) is 2.76. The summed E-state index contributed by atoms with van der Waals surface area (Å²) in [6, 6.07) is 3.61. The largest absolute Gasteiger partial charge is 0.467 e. The number of carbonyl (C=O) groups excluding carboxylic acids is 1. The molecule has 1 atom stereocenters. The number of cyclic esters (lactones) is 1. The van der Waals surface area contributed by atoms with Gasteiger partial charge in [0, 0.05) is 19.1 Å². The molecule has 2 rings (SSSR count). The molecule has 1 saturated heterocycles. The van der Waals surface area contributed by atoms with E-state index >= 15 is 0 Å². The minimum atomic E-state index is -0.314. The zero-order valence-electron chi connectivity index (χ0n) is 8.96. The molecule has 0 spiro atoms. The highest BCUT2D eigenvalue weighted by molar-refractivity contribution is 5.68. The lowest BCUT2D eigenvalue weighted by molar-refractivity contribution is 0.0305. The number of ether oxygens (including phenoxy) is 1. The Kier molecular flexibility index (Phi) is 3.46. The van der Waals surface area contributed by atoms with Crippen LogP contribution < -0.4 is 0 Å². The number of furan rings is 1. The third-order valence-corrected chi connectivity index (χ3v) is 2.64. The van der Waals surface area contributed by atoms with Crippen molar-refractivity contribution in [3.05, 3.63) is 24.2 Å². The summed E-state index contributed by atoms with van der Waals surface area (Å²) in [6.45, 7) is 1.55. The van der Waals surface area contributed by atoms with Crippen LogP contribution in [-0.4, -0.2) is 35.9 Å². The number of rotatable bonds is 4. The van der Waals surface area contributed by atoms with Crippen LogP contribution in [0.25, 0.3) is 0 Å². The van der Waals surface area contributed by atoms with Crippen molar-refractivity contribution in [3.63, 3.8) is 0 Å². The lowest BCUT2D eigenvalue weighted by atomic mass is 10.1. The van der Waals surface area contributed by atoms with Crippen molar-refractivity contribution in [2.75, 3.05) is 19.8 Å². The van der Waals surface area contributed by atoms with Gasteiger partial charge in [-0.3, -0.25) is 0 Å². The van der Waals surface area contributed by atoms with Crippen LogP contribution in [0.4, 0.5) is 4.79 Å². The van der Waals surface area contributed by atoms with Gasteiger partial charge in [0.25, 0.3) is 0 Å². The Hall–Kier alpha value is -1.49. The van der Waals surface area contributed by atoms with Gasteiger partial charge in [-0.2, -0.15) is 0 Å². The van der Waals surface area contributed by atoms with E-state index in [1.165, 1.54) is 0 Å². The molecule has 1 amide bonds. The van der Waals surface area contributed by atoms with E-state index in [1.807, 2.05) is 6.07 Å². The first-order valence-corrected chi connectivity index (χ1v) is 5.34. The molecule has 0 radical (unpaired) electrons. The Morgan fingerprint density at radius 2 is 2.44 bits per heavy atom. The van der Waals surface area contributed by atoms with Crippen molar-refractivity contribution in [1.82, 2.24) is 4.90 Å². The second kappa shape index (κ2) is 5.03. The Morgan fingerprint density at radius 3 is 3.12 bits per heavy atom. The number of carbonyl (C=O) groups is 1. The summed E-state index contributed by atoms with van der Waals surface area (Å²) in [7, 11) is 0. The Labute approximate surface area is 93.6 Å². The Morgan fingerprint density at radius 1 is 1.56 bits per heavy atom. The molecular formula is C11H15NO4. The van der Waals surface area contributed by atoms with E-state index in [4.69, 9.17) is 14.3 Å². The summed E-state index contributed by atoms with van der Waals surface area (Å²) in [5, 5.41) is 8.85. The van der Waals surface area contributed by atoms with Crippen LogP contribution in [-0.2, 0) is 11.3 Å². The van der Waals surface area contributed by atoms with Crippen molar-refractivity contribution in [2.24, 2.45) is 5.92 Å². The fourth-order valence-corrected chi connectivity index (χ4v) is 1.80. The first kappa shape index (κ1) is 11.0. The summed E-state index contributed by atoms with van der Waals surface area (Å²) in [5.41, 5.74) is 0. The van der Waals surface area contributed by atoms with E-state index in [2.05, 4.69) is 0 Å². The number of hydrogen-bond donors (Lipinski definition) is 1. The molecule has 1 aromatic rings. The molecule has 0 saturated carbocycles. The maximum Gasteiger partial charge on any atom is 0.410 e. The highest BCUT2D eigenvalue weighted by atomic mass is 16.6. The topological polar surface area (TPSA) is 62.9 Å². The molecule has 0 aliphatic carbocycles. The molecule has 0 bridgehead atoms. The maximum atomic E-state index is 11.5. The van der Waals surface area contributed by atoms with E-state index in [1.54, 1.807) is 17.2 Å². The van der Waals surface area contributed by atoms with Crippen LogP contribution in [0.1, 0.15) is 12.2 Å². The number of aliphatic hydroxyl groups is 1. The van der Waals surface area contributed by atoms with Crippen LogP contribution in [0.2, 0.25) is 0 Å². The van der Waals surface area contributed by atoms with Gasteiger partial charge < -0.3 is 19.2 Å². The van der Waals surface area contributed by atoms with Crippen molar-refractivity contribution in [3.8, 4) is 0 Å². The highest BCUT2D eigenvalue weighted by Gasteiger charge is 2.27. The third-order valence-electron chi connectivity index (χ3n) is 2.64. The second-order valence-electron chi connectivity index (χ2n) is 3.92. The fraction of sp³-hybridized carbons (Fsp3) is 0.545. The molecule has 88 valence electrons. The summed E-state index contributed by atoms with van der Waals surface area (Å²) in [6.07, 6.45) is 1.92. The van der Waals surface area contributed by atoms with Crippen LogP contribution in [0.3, 0.4) is 0 Å².